The maximum atomic E-state index is 12.9. The van der Waals surface area contributed by atoms with E-state index in [-0.39, 0.29) is 31.4 Å². The highest BCUT2D eigenvalue weighted by atomic mass is 16.5. The molecule has 182 valence electrons. The fourth-order valence-corrected chi connectivity index (χ4v) is 4.32. The van der Waals surface area contributed by atoms with Gasteiger partial charge in [-0.3, -0.25) is 9.59 Å². The molecular formula is C26H32N2O6. The molecule has 2 aromatic carbocycles. The van der Waals surface area contributed by atoms with E-state index >= 15 is 0 Å². The molecule has 8 nitrogen and oxygen atoms in total. The second-order valence-corrected chi connectivity index (χ2v) is 8.41. The second kappa shape index (κ2) is 12.2. The van der Waals surface area contributed by atoms with Gasteiger partial charge in [-0.15, -0.1) is 0 Å². The molecule has 0 aromatic heterocycles. The Morgan fingerprint density at radius 3 is 2.24 bits per heavy atom. The zero-order valence-corrected chi connectivity index (χ0v) is 19.7. The smallest absolute Gasteiger partial charge is 0.407 e. The summed E-state index contributed by atoms with van der Waals surface area (Å²) in [5.74, 6) is -1.26. The van der Waals surface area contributed by atoms with Crippen molar-refractivity contribution in [3.63, 3.8) is 0 Å². The van der Waals surface area contributed by atoms with Crippen LogP contribution in [-0.4, -0.2) is 67.9 Å². The number of alkyl carbamates (subject to hydrolysis) is 1. The highest BCUT2D eigenvalue weighted by Crippen LogP contribution is 2.44. The molecule has 8 heteroatoms. The zero-order chi connectivity index (χ0) is 24.5. The third-order valence-corrected chi connectivity index (χ3v) is 6.04. The number of aliphatic carboxylic acids is 1. The van der Waals surface area contributed by atoms with Crippen molar-refractivity contribution in [3.05, 3.63) is 59.7 Å². The summed E-state index contributed by atoms with van der Waals surface area (Å²) in [6.45, 7) is 0.907. The quantitative estimate of drug-likeness (QED) is 0.461. The van der Waals surface area contributed by atoms with E-state index in [0.29, 0.717) is 25.9 Å². The molecule has 0 radical (unpaired) electrons. The Bertz CT molecular complexity index is 963. The Morgan fingerprint density at radius 2 is 1.65 bits per heavy atom. The molecule has 0 saturated carbocycles. The Hall–Kier alpha value is -3.39. The van der Waals surface area contributed by atoms with Gasteiger partial charge >= 0.3 is 12.1 Å². The summed E-state index contributed by atoms with van der Waals surface area (Å²) in [6.07, 6.45) is 0.634. The van der Waals surface area contributed by atoms with Crippen LogP contribution in [0.15, 0.2) is 48.5 Å². The lowest BCUT2D eigenvalue weighted by molar-refractivity contribution is -0.138. The van der Waals surface area contributed by atoms with Crippen LogP contribution in [0.3, 0.4) is 0 Å². The van der Waals surface area contributed by atoms with Crippen molar-refractivity contribution in [2.45, 2.75) is 37.6 Å². The molecular weight excluding hydrogens is 436 g/mol. The van der Waals surface area contributed by atoms with Gasteiger partial charge in [-0.2, -0.15) is 0 Å². The van der Waals surface area contributed by atoms with E-state index in [2.05, 4.69) is 17.4 Å². The summed E-state index contributed by atoms with van der Waals surface area (Å²) in [7, 11) is 3.18. The lowest BCUT2D eigenvalue weighted by atomic mass is 9.98. The number of hydrogen-bond donors (Lipinski definition) is 2. The Balaban J connectivity index is 1.62. The van der Waals surface area contributed by atoms with E-state index in [9.17, 15) is 14.4 Å². The molecule has 0 saturated heterocycles. The molecule has 0 heterocycles. The van der Waals surface area contributed by atoms with Gasteiger partial charge in [0.1, 0.15) is 12.6 Å². The third kappa shape index (κ3) is 6.35. The standard InChI is InChI=1S/C26H32N2O6/c1-28(15-7-14-24(29)30)25(31)23(13-8-16-33-2)27-26(32)34-17-22-20-11-5-3-9-18(20)19-10-4-6-12-21(19)22/h3-6,9-12,22-23H,7-8,13-17H2,1-2H3,(H,27,32)(H,29,30). The maximum Gasteiger partial charge on any atom is 0.407 e. The fourth-order valence-electron chi connectivity index (χ4n) is 4.32. The first-order valence-corrected chi connectivity index (χ1v) is 11.5. The van der Waals surface area contributed by atoms with Gasteiger partial charge in [0.2, 0.25) is 5.91 Å². The van der Waals surface area contributed by atoms with Crippen LogP contribution in [0.5, 0.6) is 0 Å². The van der Waals surface area contributed by atoms with Crippen LogP contribution in [0.2, 0.25) is 0 Å². The number of fused-ring (bicyclic) bond motifs is 3. The molecule has 0 aliphatic heterocycles. The monoisotopic (exact) mass is 468 g/mol. The van der Waals surface area contributed by atoms with Gasteiger partial charge in [-0.25, -0.2) is 4.79 Å². The van der Waals surface area contributed by atoms with Gasteiger partial charge in [-0.1, -0.05) is 48.5 Å². The molecule has 0 bridgehead atoms. The van der Waals surface area contributed by atoms with Crippen LogP contribution in [-0.2, 0) is 19.1 Å². The van der Waals surface area contributed by atoms with Gasteiger partial charge in [0.15, 0.2) is 0 Å². The van der Waals surface area contributed by atoms with Gasteiger partial charge in [0.25, 0.3) is 0 Å². The molecule has 34 heavy (non-hydrogen) atoms. The summed E-state index contributed by atoms with van der Waals surface area (Å²) in [6, 6.07) is 15.4. The average Bonchev–Trinajstić information content (AvgIpc) is 3.15. The Kier molecular flexibility index (Phi) is 9.04. The van der Waals surface area contributed by atoms with Crippen molar-refractivity contribution in [2.75, 3.05) is 33.9 Å². The van der Waals surface area contributed by atoms with E-state index in [0.717, 1.165) is 22.3 Å². The molecule has 2 amide bonds. The first kappa shape index (κ1) is 25.2. The summed E-state index contributed by atoms with van der Waals surface area (Å²) in [4.78, 5) is 37.8. The summed E-state index contributed by atoms with van der Waals surface area (Å²) < 4.78 is 10.7. The number of carbonyl (C=O) groups is 3. The number of carbonyl (C=O) groups excluding carboxylic acids is 2. The molecule has 3 rings (SSSR count). The van der Waals surface area contributed by atoms with Crippen molar-refractivity contribution in [1.29, 1.82) is 0 Å². The molecule has 1 aliphatic rings. The molecule has 0 spiro atoms. The van der Waals surface area contributed by atoms with Gasteiger partial charge in [-0.05, 0) is 41.5 Å². The zero-order valence-electron chi connectivity index (χ0n) is 19.7. The molecule has 2 N–H and O–H groups in total. The van der Waals surface area contributed by atoms with E-state index in [1.165, 1.54) is 4.90 Å². The topological polar surface area (TPSA) is 105 Å². The number of carboxylic acid groups (broad SMARTS) is 1. The number of likely N-dealkylation sites (N-methyl/N-ethyl adjacent to an activating group) is 1. The lowest BCUT2D eigenvalue weighted by Crippen LogP contribution is -2.48. The molecule has 1 atom stereocenters. The van der Waals surface area contributed by atoms with Crippen molar-refractivity contribution in [3.8, 4) is 11.1 Å². The minimum absolute atomic E-state index is 0.0221. The van der Waals surface area contributed by atoms with Crippen LogP contribution in [0.25, 0.3) is 11.1 Å². The summed E-state index contributed by atoms with van der Waals surface area (Å²) >= 11 is 0. The fraction of sp³-hybridized carbons (Fsp3) is 0.423. The normalized spacial score (nSPS) is 13.0. The SMILES string of the molecule is COCCCC(NC(=O)OCC1c2ccccc2-c2ccccc21)C(=O)N(C)CCCC(=O)O. The van der Waals surface area contributed by atoms with Crippen molar-refractivity contribution in [1.82, 2.24) is 10.2 Å². The van der Waals surface area contributed by atoms with Crippen molar-refractivity contribution >= 4 is 18.0 Å². The first-order chi connectivity index (χ1) is 16.4. The minimum Gasteiger partial charge on any atom is -0.481 e. The number of methoxy groups -OCH3 is 1. The molecule has 0 fully saturated rings. The van der Waals surface area contributed by atoms with Crippen LogP contribution >= 0.6 is 0 Å². The Labute approximate surface area is 199 Å². The second-order valence-electron chi connectivity index (χ2n) is 8.41. The molecule has 1 aliphatic carbocycles. The number of nitrogens with one attached hydrogen (secondary N) is 1. The highest BCUT2D eigenvalue weighted by Gasteiger charge is 2.30. The number of nitrogens with zero attached hydrogens (tertiary/aromatic N) is 1. The number of benzene rings is 2. The van der Waals surface area contributed by atoms with Crippen molar-refractivity contribution in [2.24, 2.45) is 0 Å². The number of amides is 2. The van der Waals surface area contributed by atoms with Gasteiger partial charge in [0.05, 0.1) is 0 Å². The van der Waals surface area contributed by atoms with Crippen LogP contribution < -0.4 is 5.32 Å². The highest BCUT2D eigenvalue weighted by molar-refractivity contribution is 5.85. The molecule has 1 unspecified atom stereocenters. The van der Waals surface area contributed by atoms with Crippen LogP contribution in [0.4, 0.5) is 4.79 Å². The minimum atomic E-state index is -0.908. The predicted octanol–water partition coefficient (Wildman–Crippen LogP) is 3.64. The lowest BCUT2D eigenvalue weighted by Gasteiger charge is -2.24. The average molecular weight is 469 g/mol. The van der Waals surface area contributed by atoms with Crippen molar-refractivity contribution < 1.29 is 29.0 Å². The van der Waals surface area contributed by atoms with Crippen LogP contribution in [0, 0.1) is 0 Å². The predicted molar refractivity (Wildman–Crippen MR) is 128 cm³/mol. The largest absolute Gasteiger partial charge is 0.481 e. The van der Waals surface area contributed by atoms with E-state index in [4.69, 9.17) is 14.6 Å². The first-order valence-electron chi connectivity index (χ1n) is 11.5. The summed E-state index contributed by atoms with van der Waals surface area (Å²) in [5.41, 5.74) is 4.51. The number of hydrogen-bond acceptors (Lipinski definition) is 5. The van der Waals surface area contributed by atoms with Crippen LogP contribution in [0.1, 0.15) is 42.7 Å². The maximum absolute atomic E-state index is 12.9. The number of rotatable bonds is 12. The number of ether oxygens (including phenoxy) is 2. The van der Waals surface area contributed by atoms with E-state index < -0.39 is 18.1 Å². The number of carboxylic acids is 1. The Morgan fingerprint density at radius 1 is 1.03 bits per heavy atom. The van der Waals surface area contributed by atoms with Gasteiger partial charge in [0, 0.05) is 39.6 Å². The summed E-state index contributed by atoms with van der Waals surface area (Å²) in [5, 5.41) is 11.5. The molecule has 2 aromatic rings. The van der Waals surface area contributed by atoms with E-state index in [1.54, 1.807) is 14.2 Å². The third-order valence-electron chi connectivity index (χ3n) is 6.04. The van der Waals surface area contributed by atoms with E-state index in [1.807, 2.05) is 36.4 Å². The van der Waals surface area contributed by atoms with Gasteiger partial charge < -0.3 is 24.8 Å².